The van der Waals surface area contributed by atoms with E-state index in [1.807, 2.05) is 13.0 Å². The average Bonchev–Trinajstić information content (AvgIpc) is 2.34. The summed E-state index contributed by atoms with van der Waals surface area (Å²) in [6.07, 6.45) is 1.57. The van der Waals surface area contributed by atoms with Crippen LogP contribution in [0.3, 0.4) is 0 Å². The van der Waals surface area contributed by atoms with Crippen LogP contribution in [0.1, 0.15) is 5.56 Å². The molecule has 1 aromatic carbocycles. The molecule has 0 aliphatic carbocycles. The third kappa shape index (κ3) is 0.909. The van der Waals surface area contributed by atoms with Gasteiger partial charge in [0, 0.05) is 11.5 Å². The van der Waals surface area contributed by atoms with Crippen LogP contribution in [0.2, 0.25) is 0 Å². The molecule has 1 nitrogen and oxygen atoms in total. The standard InChI is InChI=1S/C9H7FO/c1-6-4-7(10)5-9-8(6)2-3-11-9/h2-5H,1H3. The number of aryl methyl sites for hydroxylation is 1. The second-order valence-electron chi connectivity index (χ2n) is 2.56. The topological polar surface area (TPSA) is 13.1 Å². The monoisotopic (exact) mass is 150 g/mol. The first-order valence-electron chi connectivity index (χ1n) is 3.41. The fraction of sp³-hybridized carbons (Fsp3) is 0.111. The maximum Gasteiger partial charge on any atom is 0.137 e. The molecular formula is C9H7FO. The molecule has 2 rings (SSSR count). The molecule has 56 valence electrons. The minimum Gasteiger partial charge on any atom is -0.464 e. The van der Waals surface area contributed by atoms with Gasteiger partial charge in [-0.3, -0.25) is 0 Å². The molecule has 0 saturated carbocycles. The quantitative estimate of drug-likeness (QED) is 0.562. The highest BCUT2D eigenvalue weighted by Gasteiger charge is 2.01. The van der Waals surface area contributed by atoms with Gasteiger partial charge in [-0.1, -0.05) is 0 Å². The molecule has 0 atom stereocenters. The Morgan fingerprint density at radius 3 is 3.00 bits per heavy atom. The van der Waals surface area contributed by atoms with Gasteiger partial charge in [-0.05, 0) is 24.6 Å². The van der Waals surface area contributed by atoms with Gasteiger partial charge < -0.3 is 4.42 Å². The lowest BCUT2D eigenvalue weighted by Crippen LogP contribution is -1.77. The number of hydrogen-bond donors (Lipinski definition) is 0. The molecule has 0 saturated heterocycles. The fourth-order valence-corrected chi connectivity index (χ4v) is 1.21. The second kappa shape index (κ2) is 2.09. The Balaban J connectivity index is 2.91. The largest absolute Gasteiger partial charge is 0.464 e. The molecule has 0 amide bonds. The molecule has 0 aliphatic rings. The molecule has 1 aromatic heterocycles. The molecule has 11 heavy (non-hydrogen) atoms. The van der Waals surface area contributed by atoms with Gasteiger partial charge in [0.25, 0.3) is 0 Å². The van der Waals surface area contributed by atoms with Crippen molar-refractivity contribution in [3.8, 4) is 0 Å². The summed E-state index contributed by atoms with van der Waals surface area (Å²) in [5.74, 6) is -0.245. The van der Waals surface area contributed by atoms with Crippen LogP contribution < -0.4 is 0 Å². The molecule has 2 heteroatoms. The molecular weight excluding hydrogens is 143 g/mol. The van der Waals surface area contributed by atoms with E-state index in [1.54, 1.807) is 6.26 Å². The van der Waals surface area contributed by atoms with E-state index in [9.17, 15) is 4.39 Å². The summed E-state index contributed by atoms with van der Waals surface area (Å²) in [5, 5.41) is 0.978. The molecule has 0 spiro atoms. The van der Waals surface area contributed by atoms with Gasteiger partial charge in [0.2, 0.25) is 0 Å². The Kier molecular flexibility index (Phi) is 1.22. The first-order valence-corrected chi connectivity index (χ1v) is 3.41. The number of furan rings is 1. The summed E-state index contributed by atoms with van der Waals surface area (Å²) in [6.45, 7) is 1.86. The van der Waals surface area contributed by atoms with Gasteiger partial charge in [-0.25, -0.2) is 4.39 Å². The van der Waals surface area contributed by atoms with Crippen LogP contribution in [0.4, 0.5) is 4.39 Å². The smallest absolute Gasteiger partial charge is 0.137 e. The van der Waals surface area contributed by atoms with E-state index >= 15 is 0 Å². The van der Waals surface area contributed by atoms with Gasteiger partial charge in [-0.2, -0.15) is 0 Å². The van der Waals surface area contributed by atoms with Crippen LogP contribution in [0.5, 0.6) is 0 Å². The number of benzene rings is 1. The minimum absolute atomic E-state index is 0.245. The zero-order valence-electron chi connectivity index (χ0n) is 6.10. The lowest BCUT2D eigenvalue weighted by Gasteiger charge is -1.93. The molecule has 0 bridgehead atoms. The van der Waals surface area contributed by atoms with Crippen molar-refractivity contribution in [3.05, 3.63) is 35.8 Å². The van der Waals surface area contributed by atoms with E-state index < -0.39 is 0 Å². The minimum atomic E-state index is -0.245. The zero-order chi connectivity index (χ0) is 7.84. The SMILES string of the molecule is Cc1cc(F)cc2occc12. The van der Waals surface area contributed by atoms with E-state index in [0.29, 0.717) is 5.58 Å². The third-order valence-electron chi connectivity index (χ3n) is 1.74. The van der Waals surface area contributed by atoms with Crippen molar-refractivity contribution in [2.45, 2.75) is 6.92 Å². The summed E-state index contributed by atoms with van der Waals surface area (Å²) in [6, 6.07) is 4.73. The maximum atomic E-state index is 12.7. The number of hydrogen-bond acceptors (Lipinski definition) is 1. The van der Waals surface area contributed by atoms with Crippen LogP contribution in [0, 0.1) is 12.7 Å². The summed E-state index contributed by atoms with van der Waals surface area (Å²) in [5.41, 5.74) is 1.52. The van der Waals surface area contributed by atoms with Gasteiger partial charge in [0.1, 0.15) is 11.4 Å². The highest BCUT2D eigenvalue weighted by atomic mass is 19.1. The van der Waals surface area contributed by atoms with E-state index in [-0.39, 0.29) is 5.82 Å². The molecule has 2 aromatic rings. The molecule has 0 radical (unpaired) electrons. The van der Waals surface area contributed by atoms with Gasteiger partial charge in [0.15, 0.2) is 0 Å². The van der Waals surface area contributed by atoms with Crippen LogP contribution in [-0.2, 0) is 0 Å². The van der Waals surface area contributed by atoms with E-state index in [0.717, 1.165) is 10.9 Å². The predicted molar refractivity (Wildman–Crippen MR) is 40.9 cm³/mol. The van der Waals surface area contributed by atoms with E-state index in [2.05, 4.69) is 0 Å². The normalized spacial score (nSPS) is 10.7. The second-order valence-corrected chi connectivity index (χ2v) is 2.56. The van der Waals surface area contributed by atoms with Crippen LogP contribution in [0.25, 0.3) is 11.0 Å². The van der Waals surface area contributed by atoms with E-state index in [4.69, 9.17) is 4.42 Å². The molecule has 0 N–H and O–H groups in total. The summed E-state index contributed by atoms with van der Waals surface area (Å²) < 4.78 is 17.8. The van der Waals surface area contributed by atoms with Gasteiger partial charge in [0.05, 0.1) is 6.26 Å². The first kappa shape index (κ1) is 6.40. The maximum absolute atomic E-state index is 12.7. The molecule has 0 aliphatic heterocycles. The highest BCUT2D eigenvalue weighted by Crippen LogP contribution is 2.20. The number of rotatable bonds is 0. The third-order valence-corrected chi connectivity index (χ3v) is 1.74. The lowest BCUT2D eigenvalue weighted by atomic mass is 10.1. The Morgan fingerprint density at radius 2 is 2.18 bits per heavy atom. The number of fused-ring (bicyclic) bond motifs is 1. The van der Waals surface area contributed by atoms with Crippen molar-refractivity contribution in [3.63, 3.8) is 0 Å². The molecule has 0 fully saturated rings. The predicted octanol–water partition coefficient (Wildman–Crippen LogP) is 2.88. The molecule has 0 unspecified atom stereocenters. The van der Waals surface area contributed by atoms with Crippen molar-refractivity contribution >= 4 is 11.0 Å². The number of halogens is 1. The summed E-state index contributed by atoms with van der Waals surface area (Å²) in [4.78, 5) is 0. The van der Waals surface area contributed by atoms with Crippen LogP contribution in [0.15, 0.2) is 28.9 Å². The van der Waals surface area contributed by atoms with Crippen molar-refractivity contribution in [1.29, 1.82) is 0 Å². The summed E-state index contributed by atoms with van der Waals surface area (Å²) in [7, 11) is 0. The Bertz CT molecular complexity index is 389. The van der Waals surface area contributed by atoms with Gasteiger partial charge >= 0.3 is 0 Å². The van der Waals surface area contributed by atoms with Crippen LogP contribution >= 0.6 is 0 Å². The Hall–Kier alpha value is -1.31. The van der Waals surface area contributed by atoms with Crippen molar-refractivity contribution in [2.75, 3.05) is 0 Å². The van der Waals surface area contributed by atoms with Crippen LogP contribution in [-0.4, -0.2) is 0 Å². The van der Waals surface area contributed by atoms with Gasteiger partial charge in [-0.15, -0.1) is 0 Å². The zero-order valence-corrected chi connectivity index (χ0v) is 6.10. The molecule has 1 heterocycles. The summed E-state index contributed by atoms with van der Waals surface area (Å²) >= 11 is 0. The Labute approximate surface area is 63.4 Å². The van der Waals surface area contributed by atoms with Crippen molar-refractivity contribution in [1.82, 2.24) is 0 Å². The van der Waals surface area contributed by atoms with E-state index in [1.165, 1.54) is 12.1 Å². The fourth-order valence-electron chi connectivity index (χ4n) is 1.21. The Morgan fingerprint density at radius 1 is 1.36 bits per heavy atom. The lowest BCUT2D eigenvalue weighted by molar-refractivity contribution is 0.598. The average molecular weight is 150 g/mol. The first-order chi connectivity index (χ1) is 5.27. The van der Waals surface area contributed by atoms with Crippen molar-refractivity contribution < 1.29 is 8.81 Å². The van der Waals surface area contributed by atoms with Crippen molar-refractivity contribution in [2.24, 2.45) is 0 Å². The highest BCUT2D eigenvalue weighted by molar-refractivity contribution is 5.80.